The number of piperazine rings is 1. The summed E-state index contributed by atoms with van der Waals surface area (Å²) in [5, 5.41) is 3.80. The minimum absolute atomic E-state index is 0.649. The molecule has 0 amide bonds. The predicted octanol–water partition coefficient (Wildman–Crippen LogP) is 2.24. The molecule has 2 aliphatic rings. The number of halogens is 1. The first-order valence-electron chi connectivity index (χ1n) is 7.53. The molecule has 2 saturated heterocycles. The summed E-state index contributed by atoms with van der Waals surface area (Å²) in [6.45, 7) is 7.25. The molecule has 20 heavy (non-hydrogen) atoms. The van der Waals surface area contributed by atoms with Crippen molar-refractivity contribution in [3.8, 4) is 0 Å². The first-order valence-corrected chi connectivity index (χ1v) is 7.91. The van der Waals surface area contributed by atoms with Crippen LogP contribution in [0.25, 0.3) is 0 Å². The summed E-state index contributed by atoms with van der Waals surface area (Å²) in [4.78, 5) is 13.7. The number of fused-ring (bicyclic) bond motifs is 1. The maximum atomic E-state index is 6.30. The van der Waals surface area contributed by atoms with Gasteiger partial charge in [-0.25, -0.2) is 4.98 Å². The Morgan fingerprint density at radius 1 is 1.35 bits per heavy atom. The third kappa shape index (κ3) is 2.83. The van der Waals surface area contributed by atoms with E-state index in [4.69, 9.17) is 11.6 Å². The lowest BCUT2D eigenvalue weighted by molar-refractivity contribution is 0.133. The molecule has 1 unspecified atom stereocenters. The van der Waals surface area contributed by atoms with Gasteiger partial charge in [-0.3, -0.25) is 4.90 Å². The van der Waals surface area contributed by atoms with Crippen LogP contribution in [0.4, 0.5) is 11.8 Å². The molecule has 0 aliphatic carbocycles. The van der Waals surface area contributed by atoms with Gasteiger partial charge in [0.05, 0.1) is 6.20 Å². The monoisotopic (exact) mass is 295 g/mol. The number of hydrogen-bond acceptors (Lipinski definition) is 5. The number of anilines is 2. The second-order valence-corrected chi connectivity index (χ2v) is 5.93. The number of piperidine rings is 1. The van der Waals surface area contributed by atoms with Gasteiger partial charge in [-0.2, -0.15) is 4.98 Å². The summed E-state index contributed by atoms with van der Waals surface area (Å²) in [5.41, 5.74) is 0. The second-order valence-electron chi connectivity index (χ2n) is 5.53. The Morgan fingerprint density at radius 2 is 2.25 bits per heavy atom. The van der Waals surface area contributed by atoms with E-state index in [2.05, 4.69) is 25.1 Å². The maximum absolute atomic E-state index is 6.30. The van der Waals surface area contributed by atoms with Crippen LogP contribution in [0.15, 0.2) is 6.20 Å². The molecule has 0 bridgehead atoms. The molecule has 5 nitrogen and oxygen atoms in total. The van der Waals surface area contributed by atoms with Gasteiger partial charge in [0.15, 0.2) is 5.82 Å². The third-order valence-corrected chi connectivity index (χ3v) is 4.46. The van der Waals surface area contributed by atoms with Crippen LogP contribution in [0.3, 0.4) is 0 Å². The van der Waals surface area contributed by atoms with Crippen LogP contribution in [0.5, 0.6) is 0 Å². The quantitative estimate of drug-likeness (QED) is 0.926. The van der Waals surface area contributed by atoms with E-state index in [0.717, 1.165) is 32.0 Å². The zero-order chi connectivity index (χ0) is 13.9. The molecule has 2 aliphatic heterocycles. The molecule has 3 rings (SSSR count). The van der Waals surface area contributed by atoms with Gasteiger partial charge >= 0.3 is 0 Å². The van der Waals surface area contributed by atoms with Gasteiger partial charge in [0.1, 0.15) is 5.02 Å². The minimum Gasteiger partial charge on any atom is -0.354 e. The number of hydrogen-bond donors (Lipinski definition) is 1. The molecule has 2 fully saturated rings. The van der Waals surface area contributed by atoms with Gasteiger partial charge in [0.2, 0.25) is 5.95 Å². The van der Waals surface area contributed by atoms with Crippen LogP contribution in [0.2, 0.25) is 5.02 Å². The van der Waals surface area contributed by atoms with E-state index in [0.29, 0.717) is 17.0 Å². The van der Waals surface area contributed by atoms with Crippen molar-refractivity contribution in [3.63, 3.8) is 0 Å². The van der Waals surface area contributed by atoms with Gasteiger partial charge in [0.25, 0.3) is 0 Å². The molecule has 0 saturated carbocycles. The number of aromatic nitrogens is 2. The van der Waals surface area contributed by atoms with Crippen molar-refractivity contribution in [1.82, 2.24) is 14.9 Å². The Hall–Kier alpha value is -1.07. The summed E-state index contributed by atoms with van der Waals surface area (Å²) in [5.74, 6) is 1.54. The maximum Gasteiger partial charge on any atom is 0.224 e. The Bertz CT molecular complexity index is 467. The molecule has 3 heterocycles. The van der Waals surface area contributed by atoms with Crippen molar-refractivity contribution in [2.45, 2.75) is 32.2 Å². The van der Waals surface area contributed by atoms with E-state index in [1.54, 1.807) is 6.20 Å². The number of nitrogens with zero attached hydrogens (tertiary/aromatic N) is 4. The fourth-order valence-corrected chi connectivity index (χ4v) is 3.38. The standard InChI is InChI=1S/C14H22ClN5/c1-2-16-14-17-9-12(15)13(18-14)20-8-7-19-6-4-3-5-11(19)10-20/h9,11H,2-8,10H2,1H3,(H,16,17,18). The highest BCUT2D eigenvalue weighted by Crippen LogP contribution is 2.28. The normalized spacial score (nSPS) is 23.5. The highest BCUT2D eigenvalue weighted by atomic mass is 35.5. The fourth-order valence-electron chi connectivity index (χ4n) is 3.17. The lowest BCUT2D eigenvalue weighted by atomic mass is 9.99. The fraction of sp³-hybridized carbons (Fsp3) is 0.714. The van der Waals surface area contributed by atoms with Crippen LogP contribution in [-0.4, -0.2) is 53.6 Å². The van der Waals surface area contributed by atoms with Crippen molar-refractivity contribution >= 4 is 23.4 Å². The van der Waals surface area contributed by atoms with Gasteiger partial charge in [0, 0.05) is 32.2 Å². The topological polar surface area (TPSA) is 44.3 Å². The van der Waals surface area contributed by atoms with Gasteiger partial charge in [-0.1, -0.05) is 18.0 Å². The SMILES string of the molecule is CCNc1ncc(Cl)c(N2CCN3CCCCC3C2)n1. The molecule has 1 aromatic rings. The highest BCUT2D eigenvalue weighted by molar-refractivity contribution is 6.32. The molecule has 0 aromatic carbocycles. The van der Waals surface area contributed by atoms with Crippen LogP contribution in [0, 0.1) is 0 Å². The lowest BCUT2D eigenvalue weighted by Crippen LogP contribution is -2.55. The zero-order valence-electron chi connectivity index (χ0n) is 12.0. The van der Waals surface area contributed by atoms with Crippen molar-refractivity contribution in [3.05, 3.63) is 11.2 Å². The Morgan fingerprint density at radius 3 is 3.10 bits per heavy atom. The van der Waals surface area contributed by atoms with Gasteiger partial charge < -0.3 is 10.2 Å². The predicted molar refractivity (Wildman–Crippen MR) is 82.6 cm³/mol. The van der Waals surface area contributed by atoms with Crippen molar-refractivity contribution in [2.75, 3.05) is 42.9 Å². The molecule has 0 spiro atoms. The van der Waals surface area contributed by atoms with E-state index >= 15 is 0 Å². The van der Waals surface area contributed by atoms with Crippen molar-refractivity contribution in [1.29, 1.82) is 0 Å². The van der Waals surface area contributed by atoms with Crippen LogP contribution in [-0.2, 0) is 0 Å². The minimum atomic E-state index is 0.649. The van der Waals surface area contributed by atoms with E-state index in [1.165, 1.54) is 25.8 Å². The lowest BCUT2D eigenvalue weighted by Gasteiger charge is -2.44. The Kier molecular flexibility index (Phi) is 4.27. The molecule has 110 valence electrons. The molecule has 1 N–H and O–H groups in total. The summed E-state index contributed by atoms with van der Waals surface area (Å²) in [7, 11) is 0. The Balaban J connectivity index is 1.76. The van der Waals surface area contributed by atoms with E-state index in [-0.39, 0.29) is 0 Å². The first-order chi connectivity index (χ1) is 9.78. The average Bonchev–Trinajstić information content (AvgIpc) is 2.49. The molecule has 0 radical (unpaired) electrons. The average molecular weight is 296 g/mol. The number of rotatable bonds is 3. The Labute approximate surface area is 125 Å². The van der Waals surface area contributed by atoms with Crippen LogP contribution < -0.4 is 10.2 Å². The third-order valence-electron chi connectivity index (χ3n) is 4.20. The number of nitrogens with one attached hydrogen (secondary N) is 1. The van der Waals surface area contributed by atoms with Crippen molar-refractivity contribution < 1.29 is 0 Å². The molecule has 6 heteroatoms. The second kappa shape index (κ2) is 6.14. The highest BCUT2D eigenvalue weighted by Gasteiger charge is 2.30. The summed E-state index contributed by atoms with van der Waals surface area (Å²) >= 11 is 6.30. The molecule has 1 aromatic heterocycles. The van der Waals surface area contributed by atoms with E-state index in [9.17, 15) is 0 Å². The van der Waals surface area contributed by atoms with E-state index in [1.807, 2.05) is 6.92 Å². The largest absolute Gasteiger partial charge is 0.354 e. The van der Waals surface area contributed by atoms with Crippen molar-refractivity contribution in [2.24, 2.45) is 0 Å². The van der Waals surface area contributed by atoms with Crippen LogP contribution in [0.1, 0.15) is 26.2 Å². The van der Waals surface area contributed by atoms with Gasteiger partial charge in [-0.15, -0.1) is 0 Å². The van der Waals surface area contributed by atoms with Crippen LogP contribution >= 0.6 is 11.6 Å². The summed E-state index contributed by atoms with van der Waals surface area (Å²) in [6.07, 6.45) is 5.68. The smallest absolute Gasteiger partial charge is 0.224 e. The zero-order valence-corrected chi connectivity index (χ0v) is 12.7. The molecular weight excluding hydrogens is 274 g/mol. The summed E-state index contributed by atoms with van der Waals surface area (Å²) < 4.78 is 0. The molecule has 1 atom stereocenters. The first kappa shape index (κ1) is 13.9. The van der Waals surface area contributed by atoms with Gasteiger partial charge in [-0.05, 0) is 26.3 Å². The molecular formula is C14H22ClN5. The van der Waals surface area contributed by atoms with E-state index < -0.39 is 0 Å². The summed E-state index contributed by atoms with van der Waals surface area (Å²) in [6, 6.07) is 0.658.